The number of aliphatic hydroxyl groups is 1. The van der Waals surface area contributed by atoms with Crippen molar-refractivity contribution in [3.63, 3.8) is 0 Å². The zero-order chi connectivity index (χ0) is 11.6. The highest BCUT2D eigenvalue weighted by molar-refractivity contribution is 5.78. The Morgan fingerprint density at radius 1 is 1.67 bits per heavy atom. The molecule has 15 heavy (non-hydrogen) atoms. The van der Waals surface area contributed by atoms with Crippen LogP contribution < -0.4 is 0 Å². The van der Waals surface area contributed by atoms with Crippen LogP contribution in [0.2, 0.25) is 0 Å². The van der Waals surface area contributed by atoms with E-state index in [1.54, 1.807) is 4.90 Å². The lowest BCUT2D eigenvalue weighted by molar-refractivity contribution is -0.135. The summed E-state index contributed by atoms with van der Waals surface area (Å²) in [6.45, 7) is 7.10. The fraction of sp³-hybridized carbons (Fsp3) is 0.909. The highest BCUT2D eigenvalue weighted by atomic mass is 16.5. The van der Waals surface area contributed by atoms with Crippen LogP contribution in [0.5, 0.6) is 0 Å². The average Bonchev–Trinajstić information content (AvgIpc) is 2.45. The summed E-state index contributed by atoms with van der Waals surface area (Å²) in [4.78, 5) is 13.3. The van der Waals surface area contributed by atoms with E-state index in [1.807, 2.05) is 20.8 Å². The second-order valence-electron chi connectivity index (χ2n) is 4.75. The molecule has 0 aromatic rings. The van der Waals surface area contributed by atoms with Crippen molar-refractivity contribution in [2.45, 2.75) is 26.4 Å². The summed E-state index contributed by atoms with van der Waals surface area (Å²) < 4.78 is 4.81. The predicted molar refractivity (Wildman–Crippen MR) is 57.4 cm³/mol. The third-order valence-corrected chi connectivity index (χ3v) is 3.41. The van der Waals surface area contributed by atoms with Crippen LogP contribution in [-0.4, -0.2) is 48.3 Å². The first-order valence-corrected chi connectivity index (χ1v) is 5.41. The van der Waals surface area contributed by atoms with E-state index in [-0.39, 0.29) is 24.3 Å². The average molecular weight is 215 g/mol. The van der Waals surface area contributed by atoms with Crippen molar-refractivity contribution in [3.8, 4) is 0 Å². The van der Waals surface area contributed by atoms with Gasteiger partial charge in [0, 0.05) is 19.6 Å². The van der Waals surface area contributed by atoms with Gasteiger partial charge in [0.1, 0.15) is 6.61 Å². The van der Waals surface area contributed by atoms with E-state index in [2.05, 4.69) is 0 Å². The molecule has 0 saturated carbocycles. The number of amides is 1. The molecule has 1 heterocycles. The van der Waals surface area contributed by atoms with Gasteiger partial charge < -0.3 is 14.7 Å². The summed E-state index contributed by atoms with van der Waals surface area (Å²) in [5.41, 5.74) is -0.747. The summed E-state index contributed by atoms with van der Waals surface area (Å²) in [5.74, 6) is 0.243. The topological polar surface area (TPSA) is 49.8 Å². The number of methoxy groups -OCH3 is 1. The fourth-order valence-electron chi connectivity index (χ4n) is 2.17. The minimum Gasteiger partial charge on any atom is -0.387 e. The smallest absolute Gasteiger partial charge is 0.248 e. The molecular formula is C11H21NO3. The van der Waals surface area contributed by atoms with Crippen LogP contribution in [0.1, 0.15) is 20.8 Å². The SMILES string of the molecule is COCC(=O)N1C[C@H](C)[C@@](O)(C(C)C)C1. The molecule has 2 atom stereocenters. The molecule has 0 radical (unpaired) electrons. The number of carbonyl (C=O) groups excluding carboxylic acids is 1. The van der Waals surface area contributed by atoms with Crippen molar-refractivity contribution in [3.05, 3.63) is 0 Å². The number of rotatable bonds is 3. The van der Waals surface area contributed by atoms with Crippen LogP contribution in [0, 0.1) is 11.8 Å². The standard InChI is InChI=1S/C11H21NO3/c1-8(2)11(14)7-12(5-9(11)3)10(13)6-15-4/h8-9,14H,5-7H2,1-4H3/t9-,11-/m0/s1. The maximum absolute atomic E-state index is 11.6. The molecule has 0 aromatic heterocycles. The van der Waals surface area contributed by atoms with Gasteiger partial charge in [-0.05, 0) is 5.92 Å². The number of carbonyl (C=O) groups is 1. The first-order chi connectivity index (χ1) is 6.91. The maximum Gasteiger partial charge on any atom is 0.248 e. The van der Waals surface area contributed by atoms with Crippen LogP contribution in [0.3, 0.4) is 0 Å². The molecule has 1 aliphatic rings. The van der Waals surface area contributed by atoms with Crippen LogP contribution in [0.4, 0.5) is 0 Å². The van der Waals surface area contributed by atoms with Crippen molar-refractivity contribution in [1.82, 2.24) is 4.90 Å². The Morgan fingerprint density at radius 3 is 2.67 bits per heavy atom. The van der Waals surface area contributed by atoms with Gasteiger partial charge in [-0.25, -0.2) is 0 Å². The zero-order valence-electron chi connectivity index (χ0n) is 9.99. The minimum absolute atomic E-state index is 0.0408. The van der Waals surface area contributed by atoms with E-state index in [0.717, 1.165) is 0 Å². The minimum atomic E-state index is -0.747. The summed E-state index contributed by atoms with van der Waals surface area (Å²) >= 11 is 0. The Hall–Kier alpha value is -0.610. The van der Waals surface area contributed by atoms with Gasteiger partial charge in [0.05, 0.1) is 12.1 Å². The van der Waals surface area contributed by atoms with E-state index in [9.17, 15) is 9.90 Å². The maximum atomic E-state index is 11.6. The molecule has 1 N–H and O–H groups in total. The number of ether oxygens (including phenoxy) is 1. The number of hydrogen-bond donors (Lipinski definition) is 1. The lowest BCUT2D eigenvalue weighted by Crippen LogP contribution is -2.43. The lowest BCUT2D eigenvalue weighted by Gasteiger charge is -2.30. The molecule has 1 amide bonds. The molecule has 1 saturated heterocycles. The van der Waals surface area contributed by atoms with Gasteiger partial charge in [0.2, 0.25) is 5.91 Å². The van der Waals surface area contributed by atoms with Crippen molar-refractivity contribution < 1.29 is 14.6 Å². The first-order valence-electron chi connectivity index (χ1n) is 5.41. The third kappa shape index (κ3) is 2.32. The van der Waals surface area contributed by atoms with E-state index < -0.39 is 5.60 Å². The summed E-state index contributed by atoms with van der Waals surface area (Å²) in [7, 11) is 1.51. The molecular weight excluding hydrogens is 194 g/mol. The largest absolute Gasteiger partial charge is 0.387 e. The molecule has 1 rings (SSSR count). The second kappa shape index (κ2) is 4.49. The van der Waals surface area contributed by atoms with Crippen LogP contribution in [0.25, 0.3) is 0 Å². The van der Waals surface area contributed by atoms with E-state index in [0.29, 0.717) is 13.1 Å². The van der Waals surface area contributed by atoms with Gasteiger partial charge in [-0.15, -0.1) is 0 Å². The molecule has 0 aliphatic carbocycles. The Labute approximate surface area is 91.2 Å². The number of likely N-dealkylation sites (tertiary alicyclic amines) is 1. The summed E-state index contributed by atoms with van der Waals surface area (Å²) in [6.07, 6.45) is 0. The van der Waals surface area contributed by atoms with Crippen molar-refractivity contribution in [2.24, 2.45) is 11.8 Å². The van der Waals surface area contributed by atoms with Gasteiger partial charge in [-0.1, -0.05) is 20.8 Å². The van der Waals surface area contributed by atoms with Gasteiger partial charge >= 0.3 is 0 Å². The highest BCUT2D eigenvalue weighted by Crippen LogP contribution is 2.33. The fourth-order valence-corrected chi connectivity index (χ4v) is 2.17. The Kier molecular flexibility index (Phi) is 3.73. The van der Waals surface area contributed by atoms with Gasteiger partial charge in [0.15, 0.2) is 0 Å². The summed E-state index contributed by atoms with van der Waals surface area (Å²) in [5, 5.41) is 10.4. The molecule has 1 aliphatic heterocycles. The Balaban J connectivity index is 2.67. The number of β-amino-alcohol motifs (C(OH)–C–C–N with tert-alkyl or cyclic N) is 1. The predicted octanol–water partition coefficient (Wildman–Crippen LogP) is 0.498. The van der Waals surface area contributed by atoms with Gasteiger partial charge in [-0.2, -0.15) is 0 Å². The zero-order valence-corrected chi connectivity index (χ0v) is 9.99. The molecule has 1 fully saturated rings. The molecule has 0 aromatic carbocycles. The summed E-state index contributed by atoms with van der Waals surface area (Å²) in [6, 6.07) is 0. The Bertz CT molecular complexity index is 242. The quantitative estimate of drug-likeness (QED) is 0.745. The van der Waals surface area contributed by atoms with Crippen molar-refractivity contribution in [2.75, 3.05) is 26.8 Å². The van der Waals surface area contributed by atoms with E-state index >= 15 is 0 Å². The van der Waals surface area contributed by atoms with Crippen molar-refractivity contribution >= 4 is 5.91 Å². The van der Waals surface area contributed by atoms with Crippen LogP contribution >= 0.6 is 0 Å². The van der Waals surface area contributed by atoms with Crippen molar-refractivity contribution in [1.29, 1.82) is 0 Å². The van der Waals surface area contributed by atoms with E-state index in [1.165, 1.54) is 7.11 Å². The molecule has 0 bridgehead atoms. The normalized spacial score (nSPS) is 31.3. The highest BCUT2D eigenvalue weighted by Gasteiger charge is 2.46. The van der Waals surface area contributed by atoms with Crippen LogP contribution in [-0.2, 0) is 9.53 Å². The number of nitrogens with zero attached hydrogens (tertiary/aromatic N) is 1. The van der Waals surface area contributed by atoms with Gasteiger partial charge in [0.25, 0.3) is 0 Å². The van der Waals surface area contributed by atoms with Gasteiger partial charge in [-0.3, -0.25) is 4.79 Å². The molecule has 4 nitrogen and oxygen atoms in total. The second-order valence-corrected chi connectivity index (χ2v) is 4.75. The first kappa shape index (κ1) is 12.5. The van der Waals surface area contributed by atoms with E-state index in [4.69, 9.17) is 4.74 Å². The molecule has 0 unspecified atom stereocenters. The number of hydrogen-bond acceptors (Lipinski definition) is 3. The Morgan fingerprint density at radius 2 is 2.27 bits per heavy atom. The monoisotopic (exact) mass is 215 g/mol. The lowest BCUT2D eigenvalue weighted by atomic mass is 9.82. The van der Waals surface area contributed by atoms with Crippen LogP contribution in [0.15, 0.2) is 0 Å². The molecule has 88 valence electrons. The third-order valence-electron chi connectivity index (χ3n) is 3.41. The molecule has 0 spiro atoms. The molecule has 4 heteroatoms.